The van der Waals surface area contributed by atoms with E-state index in [1.807, 2.05) is 30.5 Å². The lowest BCUT2D eigenvalue weighted by atomic mass is 10.1. The average molecular weight is 432 g/mol. The zero-order valence-corrected chi connectivity index (χ0v) is 16.1. The van der Waals surface area contributed by atoms with E-state index in [2.05, 4.69) is 31.5 Å². The lowest BCUT2D eigenvalue weighted by Gasteiger charge is -2.08. The summed E-state index contributed by atoms with van der Waals surface area (Å²) in [6, 6.07) is 11.9. The van der Waals surface area contributed by atoms with Gasteiger partial charge in [0.2, 0.25) is 5.91 Å². The summed E-state index contributed by atoms with van der Waals surface area (Å²) < 4.78 is 13.7. The first-order chi connectivity index (χ1) is 13.0. The number of aromatic nitrogens is 1. The molecule has 0 aliphatic heterocycles. The SMILES string of the molecule is O=C(CCNC(=O)c1cc(F)ccc1Br)NCCc1c[nH]c2ccccc12. The molecule has 0 unspecified atom stereocenters. The molecule has 1 aromatic heterocycles. The average Bonchev–Trinajstić information content (AvgIpc) is 3.07. The Morgan fingerprint density at radius 2 is 1.89 bits per heavy atom. The summed E-state index contributed by atoms with van der Waals surface area (Å²) in [5, 5.41) is 6.62. The number of halogens is 2. The molecule has 3 N–H and O–H groups in total. The molecule has 2 amide bonds. The Bertz CT molecular complexity index is 971. The highest BCUT2D eigenvalue weighted by molar-refractivity contribution is 9.10. The highest BCUT2D eigenvalue weighted by Gasteiger charge is 2.11. The molecule has 0 fully saturated rings. The third-order valence-electron chi connectivity index (χ3n) is 4.20. The quantitative estimate of drug-likeness (QED) is 0.535. The molecule has 3 rings (SSSR count). The highest BCUT2D eigenvalue weighted by atomic mass is 79.9. The van der Waals surface area contributed by atoms with Gasteiger partial charge in [-0.15, -0.1) is 0 Å². The van der Waals surface area contributed by atoms with E-state index in [-0.39, 0.29) is 24.4 Å². The minimum absolute atomic E-state index is 0.145. The third-order valence-corrected chi connectivity index (χ3v) is 4.89. The number of benzene rings is 2. The number of H-pyrrole nitrogens is 1. The molecule has 0 bridgehead atoms. The standard InChI is InChI=1S/C20H19BrFN3O2/c21-17-6-5-14(22)11-16(17)20(27)24-10-8-19(26)23-9-7-13-12-25-18-4-2-1-3-15(13)18/h1-6,11-12,25H,7-10H2,(H,23,26)(H,24,27). The van der Waals surface area contributed by atoms with Gasteiger partial charge >= 0.3 is 0 Å². The van der Waals surface area contributed by atoms with Gasteiger partial charge in [-0.2, -0.15) is 0 Å². The number of hydrogen-bond donors (Lipinski definition) is 3. The van der Waals surface area contributed by atoms with Gasteiger partial charge in [-0.1, -0.05) is 18.2 Å². The van der Waals surface area contributed by atoms with Gasteiger partial charge in [-0.05, 0) is 52.2 Å². The maximum atomic E-state index is 13.2. The number of amides is 2. The molecule has 0 aliphatic carbocycles. The Balaban J connectivity index is 1.41. The van der Waals surface area contributed by atoms with Crippen LogP contribution in [0.5, 0.6) is 0 Å². The van der Waals surface area contributed by atoms with Crippen LogP contribution in [0.15, 0.2) is 53.1 Å². The predicted molar refractivity (Wildman–Crippen MR) is 106 cm³/mol. The fourth-order valence-corrected chi connectivity index (χ4v) is 3.25. The zero-order valence-electron chi connectivity index (χ0n) is 14.5. The van der Waals surface area contributed by atoms with Crippen LogP contribution >= 0.6 is 15.9 Å². The summed E-state index contributed by atoms with van der Waals surface area (Å²) in [6.45, 7) is 0.699. The van der Waals surface area contributed by atoms with Gasteiger partial charge in [-0.3, -0.25) is 9.59 Å². The van der Waals surface area contributed by atoms with Crippen LogP contribution in [0.1, 0.15) is 22.3 Å². The minimum Gasteiger partial charge on any atom is -0.361 e. The van der Waals surface area contributed by atoms with Crippen LogP contribution in [0, 0.1) is 5.82 Å². The van der Waals surface area contributed by atoms with Crippen molar-refractivity contribution in [3.8, 4) is 0 Å². The lowest BCUT2D eigenvalue weighted by Crippen LogP contribution is -2.31. The van der Waals surface area contributed by atoms with E-state index in [1.54, 1.807) is 0 Å². The van der Waals surface area contributed by atoms with E-state index in [1.165, 1.54) is 12.1 Å². The van der Waals surface area contributed by atoms with Gasteiger partial charge in [0.05, 0.1) is 5.56 Å². The van der Waals surface area contributed by atoms with E-state index >= 15 is 0 Å². The Labute approximate surface area is 164 Å². The Kier molecular flexibility index (Phi) is 6.24. The molecule has 3 aromatic rings. The lowest BCUT2D eigenvalue weighted by molar-refractivity contribution is -0.120. The van der Waals surface area contributed by atoms with Gasteiger partial charge in [0.25, 0.3) is 5.91 Å². The van der Waals surface area contributed by atoms with Gasteiger partial charge in [-0.25, -0.2) is 4.39 Å². The highest BCUT2D eigenvalue weighted by Crippen LogP contribution is 2.18. The summed E-state index contributed by atoms with van der Waals surface area (Å²) in [7, 11) is 0. The van der Waals surface area contributed by atoms with Crippen molar-refractivity contribution in [2.75, 3.05) is 13.1 Å². The molecule has 1 heterocycles. The second-order valence-corrected chi connectivity index (χ2v) is 6.94. The number of carbonyl (C=O) groups is 2. The molecule has 0 saturated heterocycles. The van der Waals surface area contributed by atoms with E-state index in [0.717, 1.165) is 29.0 Å². The minimum atomic E-state index is -0.488. The molecule has 0 aliphatic rings. The summed E-state index contributed by atoms with van der Waals surface area (Å²) >= 11 is 3.21. The van der Waals surface area contributed by atoms with Crippen molar-refractivity contribution in [3.05, 3.63) is 70.1 Å². The Morgan fingerprint density at radius 3 is 2.74 bits per heavy atom. The number of carbonyl (C=O) groups excluding carboxylic acids is 2. The van der Waals surface area contributed by atoms with Crippen LogP contribution < -0.4 is 10.6 Å². The van der Waals surface area contributed by atoms with E-state index in [0.29, 0.717) is 11.0 Å². The van der Waals surface area contributed by atoms with Gasteiger partial charge in [0.15, 0.2) is 0 Å². The van der Waals surface area contributed by atoms with Crippen molar-refractivity contribution >= 4 is 38.6 Å². The van der Waals surface area contributed by atoms with E-state index in [4.69, 9.17) is 0 Å². The van der Waals surface area contributed by atoms with Crippen molar-refractivity contribution < 1.29 is 14.0 Å². The fourth-order valence-electron chi connectivity index (χ4n) is 2.82. The van der Waals surface area contributed by atoms with E-state index in [9.17, 15) is 14.0 Å². The fraction of sp³-hybridized carbons (Fsp3) is 0.200. The maximum absolute atomic E-state index is 13.2. The first-order valence-electron chi connectivity index (χ1n) is 8.59. The smallest absolute Gasteiger partial charge is 0.252 e. The molecular weight excluding hydrogens is 413 g/mol. The van der Waals surface area contributed by atoms with E-state index < -0.39 is 11.7 Å². The number of fused-ring (bicyclic) bond motifs is 1. The third kappa shape index (κ3) is 4.95. The molecule has 0 spiro atoms. The maximum Gasteiger partial charge on any atom is 0.252 e. The van der Waals surface area contributed by atoms with Crippen molar-refractivity contribution in [1.82, 2.24) is 15.6 Å². The summed E-state index contributed by atoms with van der Waals surface area (Å²) in [4.78, 5) is 27.2. The van der Waals surface area contributed by atoms with Crippen molar-refractivity contribution in [3.63, 3.8) is 0 Å². The normalized spacial score (nSPS) is 10.7. The topological polar surface area (TPSA) is 74.0 Å². The van der Waals surface area contributed by atoms with Crippen LogP contribution in [0.4, 0.5) is 4.39 Å². The van der Waals surface area contributed by atoms with Gasteiger partial charge in [0, 0.05) is 41.1 Å². The summed E-state index contributed by atoms with van der Waals surface area (Å²) in [5.74, 6) is -1.06. The zero-order chi connectivity index (χ0) is 19.2. The number of rotatable bonds is 7. The predicted octanol–water partition coefficient (Wildman–Crippen LogP) is 3.55. The largest absolute Gasteiger partial charge is 0.361 e. The second-order valence-electron chi connectivity index (χ2n) is 6.09. The second kappa shape index (κ2) is 8.81. The molecule has 0 saturated carbocycles. The van der Waals surface area contributed by atoms with Crippen LogP contribution in [-0.2, 0) is 11.2 Å². The Hall–Kier alpha value is -2.67. The monoisotopic (exact) mass is 431 g/mol. The molecule has 2 aromatic carbocycles. The van der Waals surface area contributed by atoms with Crippen LogP contribution in [-0.4, -0.2) is 29.9 Å². The molecule has 0 atom stereocenters. The van der Waals surface area contributed by atoms with Gasteiger partial charge in [0.1, 0.15) is 5.82 Å². The summed E-state index contributed by atoms with van der Waals surface area (Å²) in [6.07, 6.45) is 2.83. The molecule has 0 radical (unpaired) electrons. The summed E-state index contributed by atoms with van der Waals surface area (Å²) in [5.41, 5.74) is 2.43. The number of nitrogens with one attached hydrogen (secondary N) is 3. The Morgan fingerprint density at radius 1 is 1.07 bits per heavy atom. The van der Waals surface area contributed by atoms with Crippen molar-refractivity contribution in [1.29, 1.82) is 0 Å². The first-order valence-corrected chi connectivity index (χ1v) is 9.39. The number of aromatic amines is 1. The molecule has 5 nitrogen and oxygen atoms in total. The van der Waals surface area contributed by atoms with Crippen molar-refractivity contribution in [2.45, 2.75) is 12.8 Å². The van der Waals surface area contributed by atoms with Crippen molar-refractivity contribution in [2.24, 2.45) is 0 Å². The van der Waals surface area contributed by atoms with Crippen LogP contribution in [0.25, 0.3) is 10.9 Å². The number of hydrogen-bond acceptors (Lipinski definition) is 2. The van der Waals surface area contributed by atoms with Crippen LogP contribution in [0.2, 0.25) is 0 Å². The molecule has 7 heteroatoms. The van der Waals surface area contributed by atoms with Crippen LogP contribution in [0.3, 0.4) is 0 Å². The van der Waals surface area contributed by atoms with Gasteiger partial charge < -0.3 is 15.6 Å². The molecule has 27 heavy (non-hydrogen) atoms. The first kappa shape index (κ1) is 19.1. The molecular formula is C20H19BrFN3O2. The number of para-hydroxylation sites is 1. The molecule has 140 valence electrons.